The van der Waals surface area contributed by atoms with Crippen molar-refractivity contribution in [2.75, 3.05) is 33.2 Å². The molecule has 1 aliphatic rings. The predicted molar refractivity (Wildman–Crippen MR) is 76.3 cm³/mol. The number of rotatable bonds is 6. The molecule has 2 nitrogen and oxygen atoms in total. The van der Waals surface area contributed by atoms with Crippen LogP contribution < -0.4 is 5.32 Å². The van der Waals surface area contributed by atoms with Crippen molar-refractivity contribution < 1.29 is 0 Å². The summed E-state index contributed by atoms with van der Waals surface area (Å²) in [6.45, 7) is 14.4. The average molecular weight is 240 g/mol. The van der Waals surface area contributed by atoms with Crippen molar-refractivity contribution in [2.45, 2.75) is 40.5 Å². The summed E-state index contributed by atoms with van der Waals surface area (Å²) in [5, 5.41) is 3.71. The number of nitrogens with one attached hydrogen (secondary N) is 1. The van der Waals surface area contributed by atoms with E-state index in [0.717, 1.165) is 23.7 Å². The van der Waals surface area contributed by atoms with E-state index in [0.29, 0.717) is 0 Å². The van der Waals surface area contributed by atoms with Crippen molar-refractivity contribution >= 4 is 0 Å². The minimum absolute atomic E-state index is 0.788. The molecule has 17 heavy (non-hydrogen) atoms. The lowest BCUT2D eigenvalue weighted by Gasteiger charge is -2.31. The van der Waals surface area contributed by atoms with Crippen LogP contribution in [0.25, 0.3) is 0 Å². The van der Waals surface area contributed by atoms with Gasteiger partial charge in [0, 0.05) is 6.54 Å². The van der Waals surface area contributed by atoms with Gasteiger partial charge in [-0.25, -0.2) is 0 Å². The molecule has 1 N–H and O–H groups in total. The van der Waals surface area contributed by atoms with E-state index < -0.39 is 0 Å². The Balaban J connectivity index is 2.21. The Morgan fingerprint density at radius 1 is 1.18 bits per heavy atom. The van der Waals surface area contributed by atoms with Gasteiger partial charge in [-0.05, 0) is 63.2 Å². The fourth-order valence-corrected chi connectivity index (χ4v) is 3.14. The van der Waals surface area contributed by atoms with E-state index in [4.69, 9.17) is 0 Å². The Labute approximate surface area is 108 Å². The molecule has 102 valence electrons. The van der Waals surface area contributed by atoms with Gasteiger partial charge in [0.15, 0.2) is 0 Å². The molecule has 0 bridgehead atoms. The second-order valence-electron chi connectivity index (χ2n) is 6.58. The Bertz CT molecular complexity index is 193. The van der Waals surface area contributed by atoms with Crippen molar-refractivity contribution in [1.29, 1.82) is 0 Å². The Hall–Kier alpha value is -0.0800. The van der Waals surface area contributed by atoms with E-state index in [1.54, 1.807) is 0 Å². The number of nitrogens with zero attached hydrogens (tertiary/aromatic N) is 1. The Kier molecular flexibility index (Phi) is 6.50. The molecule has 1 saturated heterocycles. The number of likely N-dealkylation sites (tertiary alicyclic amines) is 1. The molecule has 0 aromatic heterocycles. The third kappa shape index (κ3) is 5.39. The molecule has 2 heteroatoms. The first-order valence-electron chi connectivity index (χ1n) is 7.40. The quantitative estimate of drug-likeness (QED) is 0.768. The molecule has 1 rings (SSSR count). The van der Waals surface area contributed by atoms with Crippen LogP contribution in [0.4, 0.5) is 0 Å². The maximum atomic E-state index is 3.71. The summed E-state index contributed by atoms with van der Waals surface area (Å²) in [4.78, 5) is 2.47. The molecule has 1 fully saturated rings. The lowest BCUT2D eigenvalue weighted by atomic mass is 9.85. The zero-order chi connectivity index (χ0) is 12.8. The molecule has 1 heterocycles. The number of hydrogen-bond donors (Lipinski definition) is 1. The largest absolute Gasteiger partial charge is 0.316 e. The zero-order valence-electron chi connectivity index (χ0n) is 12.5. The maximum absolute atomic E-state index is 3.71. The highest BCUT2D eigenvalue weighted by atomic mass is 15.1. The molecule has 1 atom stereocenters. The van der Waals surface area contributed by atoms with Crippen LogP contribution in [-0.2, 0) is 0 Å². The molecule has 0 aromatic rings. The minimum Gasteiger partial charge on any atom is -0.316 e. The summed E-state index contributed by atoms with van der Waals surface area (Å²) in [5.74, 6) is 3.26. The van der Waals surface area contributed by atoms with E-state index in [-0.39, 0.29) is 0 Å². The molecule has 0 radical (unpaired) electrons. The van der Waals surface area contributed by atoms with Crippen molar-refractivity contribution in [2.24, 2.45) is 23.7 Å². The lowest BCUT2D eigenvalue weighted by molar-refractivity contribution is 0.198. The van der Waals surface area contributed by atoms with Gasteiger partial charge in [-0.2, -0.15) is 0 Å². The maximum Gasteiger partial charge on any atom is 0.00187 e. The van der Waals surface area contributed by atoms with Gasteiger partial charge in [0.25, 0.3) is 0 Å². The van der Waals surface area contributed by atoms with E-state index in [1.807, 2.05) is 0 Å². The van der Waals surface area contributed by atoms with Gasteiger partial charge in [0.1, 0.15) is 0 Å². The first kappa shape index (κ1) is 15.0. The van der Waals surface area contributed by atoms with E-state index in [2.05, 4.69) is 45.0 Å². The monoisotopic (exact) mass is 240 g/mol. The second kappa shape index (κ2) is 7.38. The zero-order valence-corrected chi connectivity index (χ0v) is 12.5. The third-order valence-electron chi connectivity index (χ3n) is 4.25. The number of hydrogen-bond acceptors (Lipinski definition) is 2. The van der Waals surface area contributed by atoms with E-state index in [9.17, 15) is 0 Å². The molecule has 0 spiro atoms. The van der Waals surface area contributed by atoms with E-state index in [1.165, 1.54) is 39.0 Å². The number of piperidine rings is 1. The van der Waals surface area contributed by atoms with Gasteiger partial charge >= 0.3 is 0 Å². The van der Waals surface area contributed by atoms with Crippen LogP contribution in [0.2, 0.25) is 0 Å². The summed E-state index contributed by atoms with van der Waals surface area (Å²) in [6, 6.07) is 0. The van der Waals surface area contributed by atoms with Gasteiger partial charge in [-0.1, -0.05) is 27.7 Å². The first-order chi connectivity index (χ1) is 8.00. The van der Waals surface area contributed by atoms with Crippen molar-refractivity contribution in [3.8, 4) is 0 Å². The highest BCUT2D eigenvalue weighted by Crippen LogP contribution is 2.20. The van der Waals surface area contributed by atoms with Crippen LogP contribution in [0.5, 0.6) is 0 Å². The standard InChI is InChI=1S/C15H32N2/c1-12(2)15(13(3)4)10-16-9-14-7-6-8-17(5)11-14/h12-16H,6-11H2,1-5H3. The first-order valence-corrected chi connectivity index (χ1v) is 7.40. The van der Waals surface area contributed by atoms with Gasteiger partial charge in [-0.15, -0.1) is 0 Å². The Morgan fingerprint density at radius 3 is 2.35 bits per heavy atom. The summed E-state index contributed by atoms with van der Waals surface area (Å²) in [7, 11) is 2.25. The predicted octanol–water partition coefficient (Wildman–Crippen LogP) is 2.85. The average Bonchev–Trinajstić information content (AvgIpc) is 2.23. The molecule has 0 aliphatic carbocycles. The van der Waals surface area contributed by atoms with Crippen LogP contribution in [0.15, 0.2) is 0 Å². The van der Waals surface area contributed by atoms with Gasteiger partial charge in [0.05, 0.1) is 0 Å². The normalized spacial score (nSPS) is 22.9. The van der Waals surface area contributed by atoms with Crippen molar-refractivity contribution in [3.63, 3.8) is 0 Å². The molecule has 0 aromatic carbocycles. The molecule has 1 aliphatic heterocycles. The van der Waals surface area contributed by atoms with Crippen molar-refractivity contribution in [3.05, 3.63) is 0 Å². The Morgan fingerprint density at radius 2 is 1.82 bits per heavy atom. The molecule has 1 unspecified atom stereocenters. The van der Waals surface area contributed by atoms with Crippen molar-refractivity contribution in [1.82, 2.24) is 10.2 Å². The summed E-state index contributed by atoms with van der Waals surface area (Å²) in [5.41, 5.74) is 0. The minimum atomic E-state index is 0.788. The fraction of sp³-hybridized carbons (Fsp3) is 1.00. The smallest absolute Gasteiger partial charge is 0.00187 e. The van der Waals surface area contributed by atoms with E-state index >= 15 is 0 Å². The molecular formula is C15H32N2. The van der Waals surface area contributed by atoms with Crippen LogP contribution in [-0.4, -0.2) is 38.1 Å². The summed E-state index contributed by atoms with van der Waals surface area (Å²) >= 11 is 0. The van der Waals surface area contributed by atoms with Crippen LogP contribution in [0.1, 0.15) is 40.5 Å². The highest BCUT2D eigenvalue weighted by Gasteiger charge is 2.19. The van der Waals surface area contributed by atoms with Crippen LogP contribution >= 0.6 is 0 Å². The summed E-state index contributed by atoms with van der Waals surface area (Å²) in [6.07, 6.45) is 2.78. The van der Waals surface area contributed by atoms with Gasteiger partial charge < -0.3 is 10.2 Å². The SMILES string of the molecule is CC(C)C(CNCC1CCCN(C)C1)C(C)C. The topological polar surface area (TPSA) is 15.3 Å². The van der Waals surface area contributed by atoms with Crippen LogP contribution in [0, 0.1) is 23.7 Å². The molecular weight excluding hydrogens is 208 g/mol. The lowest BCUT2D eigenvalue weighted by Crippen LogP contribution is -2.39. The summed E-state index contributed by atoms with van der Waals surface area (Å²) < 4.78 is 0. The molecule has 0 amide bonds. The molecule has 0 saturated carbocycles. The van der Waals surface area contributed by atoms with Crippen LogP contribution in [0.3, 0.4) is 0 Å². The second-order valence-corrected chi connectivity index (χ2v) is 6.58. The third-order valence-corrected chi connectivity index (χ3v) is 4.25. The fourth-order valence-electron chi connectivity index (χ4n) is 3.14. The highest BCUT2D eigenvalue weighted by molar-refractivity contribution is 4.75. The van der Waals surface area contributed by atoms with Gasteiger partial charge in [0.2, 0.25) is 0 Å². The van der Waals surface area contributed by atoms with Gasteiger partial charge in [-0.3, -0.25) is 0 Å².